The summed E-state index contributed by atoms with van der Waals surface area (Å²) in [6, 6.07) is 20.6. The summed E-state index contributed by atoms with van der Waals surface area (Å²) in [5.74, 6) is 0.910. The van der Waals surface area contributed by atoms with Crippen LogP contribution in [0.5, 0.6) is 0 Å². The molecular weight excluding hydrogens is 348 g/mol. The van der Waals surface area contributed by atoms with E-state index in [9.17, 15) is 4.79 Å². The maximum absolute atomic E-state index is 12.7. The van der Waals surface area contributed by atoms with Gasteiger partial charge in [0.1, 0.15) is 12.0 Å². The monoisotopic (exact) mass is 374 g/mol. The Morgan fingerprint density at radius 2 is 1.68 bits per heavy atom. The van der Waals surface area contributed by atoms with Crippen LogP contribution >= 0.6 is 0 Å². The number of hydrogen-bond donors (Lipinski definition) is 0. The predicted octanol–water partition coefficient (Wildman–Crippen LogP) is 4.76. The number of rotatable bonds is 6. The summed E-state index contributed by atoms with van der Waals surface area (Å²) in [5, 5.41) is 4.13. The highest BCUT2D eigenvalue weighted by molar-refractivity contribution is 5.77. The van der Waals surface area contributed by atoms with Gasteiger partial charge in [-0.3, -0.25) is 4.79 Å². The second-order valence-corrected chi connectivity index (χ2v) is 7.57. The van der Waals surface area contributed by atoms with Crippen LogP contribution in [0.4, 0.5) is 0 Å². The van der Waals surface area contributed by atoms with E-state index < -0.39 is 0 Å². The van der Waals surface area contributed by atoms with Crippen LogP contribution in [0, 0.1) is 5.92 Å². The van der Waals surface area contributed by atoms with Crippen molar-refractivity contribution in [1.29, 1.82) is 0 Å². The van der Waals surface area contributed by atoms with Crippen LogP contribution in [-0.4, -0.2) is 29.1 Å². The van der Waals surface area contributed by atoms with Crippen LogP contribution in [-0.2, 0) is 17.6 Å². The molecule has 1 amide bonds. The van der Waals surface area contributed by atoms with E-state index in [-0.39, 0.29) is 5.91 Å². The van der Waals surface area contributed by atoms with Gasteiger partial charge in [-0.15, -0.1) is 0 Å². The first-order chi connectivity index (χ1) is 13.8. The van der Waals surface area contributed by atoms with E-state index in [1.165, 1.54) is 5.56 Å². The van der Waals surface area contributed by atoms with Gasteiger partial charge in [-0.25, -0.2) is 0 Å². The van der Waals surface area contributed by atoms with Crippen molar-refractivity contribution in [2.75, 3.05) is 13.1 Å². The zero-order chi connectivity index (χ0) is 19.2. The van der Waals surface area contributed by atoms with Gasteiger partial charge in [0.2, 0.25) is 5.91 Å². The van der Waals surface area contributed by atoms with Crippen molar-refractivity contribution < 1.29 is 9.32 Å². The van der Waals surface area contributed by atoms with Gasteiger partial charge in [0.25, 0.3) is 0 Å². The maximum Gasteiger partial charge on any atom is 0.222 e. The topological polar surface area (TPSA) is 46.3 Å². The quantitative estimate of drug-likeness (QED) is 0.625. The summed E-state index contributed by atoms with van der Waals surface area (Å²) in [7, 11) is 0. The number of carbonyl (C=O) groups is 1. The van der Waals surface area contributed by atoms with E-state index in [4.69, 9.17) is 4.52 Å². The molecule has 1 aliphatic heterocycles. The molecule has 0 atom stereocenters. The minimum absolute atomic E-state index is 0.235. The highest BCUT2D eigenvalue weighted by Gasteiger charge is 2.23. The van der Waals surface area contributed by atoms with Crippen molar-refractivity contribution in [3.8, 4) is 11.3 Å². The molecule has 0 spiro atoms. The van der Waals surface area contributed by atoms with Crippen LogP contribution in [0.25, 0.3) is 11.3 Å². The Bertz CT molecular complexity index is 881. The molecule has 3 aromatic rings. The summed E-state index contributed by atoms with van der Waals surface area (Å²) in [5.41, 5.74) is 4.27. The van der Waals surface area contributed by atoms with Crippen molar-refractivity contribution in [2.24, 2.45) is 5.92 Å². The van der Waals surface area contributed by atoms with Gasteiger partial charge in [0.05, 0.1) is 0 Å². The molecule has 4 heteroatoms. The molecule has 144 valence electrons. The van der Waals surface area contributed by atoms with E-state index in [2.05, 4.69) is 35.5 Å². The summed E-state index contributed by atoms with van der Waals surface area (Å²) >= 11 is 0. The van der Waals surface area contributed by atoms with Gasteiger partial charge in [0.15, 0.2) is 0 Å². The van der Waals surface area contributed by atoms with Crippen LogP contribution in [0.2, 0.25) is 0 Å². The molecule has 0 N–H and O–H groups in total. The summed E-state index contributed by atoms with van der Waals surface area (Å²) in [4.78, 5) is 14.7. The number of nitrogens with zero attached hydrogens (tertiary/aromatic N) is 2. The second-order valence-electron chi connectivity index (χ2n) is 7.57. The summed E-state index contributed by atoms with van der Waals surface area (Å²) < 4.78 is 5.17. The number of piperidine rings is 1. The average molecular weight is 374 g/mol. The SMILES string of the molecule is O=C(CCc1conc1-c1ccccc1)N1CCC(Cc2ccccc2)CC1. The number of aromatic nitrogens is 1. The molecular formula is C24H26N2O2. The lowest BCUT2D eigenvalue weighted by atomic mass is 9.90. The molecule has 4 nitrogen and oxygen atoms in total. The van der Waals surface area contributed by atoms with Crippen LogP contribution < -0.4 is 0 Å². The lowest BCUT2D eigenvalue weighted by Gasteiger charge is -2.32. The van der Waals surface area contributed by atoms with Gasteiger partial charge in [-0.1, -0.05) is 65.8 Å². The fourth-order valence-corrected chi connectivity index (χ4v) is 4.00. The van der Waals surface area contributed by atoms with E-state index in [0.29, 0.717) is 18.8 Å². The highest BCUT2D eigenvalue weighted by atomic mass is 16.5. The van der Waals surface area contributed by atoms with Crippen LogP contribution in [0.15, 0.2) is 71.4 Å². The Labute approximate surface area is 166 Å². The highest BCUT2D eigenvalue weighted by Crippen LogP contribution is 2.25. The Hall–Kier alpha value is -2.88. The van der Waals surface area contributed by atoms with Gasteiger partial charge >= 0.3 is 0 Å². The van der Waals surface area contributed by atoms with Crippen LogP contribution in [0.1, 0.15) is 30.4 Å². The number of benzene rings is 2. The molecule has 28 heavy (non-hydrogen) atoms. The average Bonchev–Trinajstić information content (AvgIpc) is 3.23. The van der Waals surface area contributed by atoms with Crippen molar-refractivity contribution >= 4 is 5.91 Å². The number of likely N-dealkylation sites (tertiary alicyclic amines) is 1. The minimum Gasteiger partial charge on any atom is -0.364 e. The normalized spacial score (nSPS) is 14.9. The molecule has 2 heterocycles. The molecule has 1 fully saturated rings. The number of carbonyl (C=O) groups excluding carboxylic acids is 1. The van der Waals surface area contributed by atoms with Gasteiger partial charge in [0, 0.05) is 30.6 Å². The molecule has 2 aromatic carbocycles. The Kier molecular flexibility index (Phi) is 5.86. The minimum atomic E-state index is 0.235. The molecule has 1 aromatic heterocycles. The third-order valence-corrected chi connectivity index (χ3v) is 5.63. The van der Waals surface area contributed by atoms with Crippen LogP contribution in [0.3, 0.4) is 0 Å². The standard InChI is InChI=1S/C24H26N2O2/c27-23(12-11-22-18-28-25-24(22)21-9-5-2-6-10-21)26-15-13-20(14-16-26)17-19-7-3-1-4-8-19/h1-10,18,20H,11-17H2. The van der Waals surface area contributed by atoms with E-state index >= 15 is 0 Å². The zero-order valence-electron chi connectivity index (χ0n) is 16.1. The summed E-state index contributed by atoms with van der Waals surface area (Å²) in [6.07, 6.45) is 6.12. The van der Waals surface area contributed by atoms with Gasteiger partial charge < -0.3 is 9.42 Å². The summed E-state index contributed by atoms with van der Waals surface area (Å²) in [6.45, 7) is 1.73. The van der Waals surface area contributed by atoms with E-state index in [1.54, 1.807) is 6.26 Å². The molecule has 4 rings (SSSR count). The zero-order valence-corrected chi connectivity index (χ0v) is 16.1. The lowest BCUT2D eigenvalue weighted by Crippen LogP contribution is -2.39. The third-order valence-electron chi connectivity index (χ3n) is 5.63. The van der Waals surface area contributed by atoms with Crippen molar-refractivity contribution in [1.82, 2.24) is 10.1 Å². The fourth-order valence-electron chi connectivity index (χ4n) is 4.00. The lowest BCUT2D eigenvalue weighted by molar-refractivity contribution is -0.132. The predicted molar refractivity (Wildman–Crippen MR) is 110 cm³/mol. The molecule has 1 aliphatic rings. The maximum atomic E-state index is 12.7. The van der Waals surface area contributed by atoms with Gasteiger partial charge in [-0.05, 0) is 37.2 Å². The number of amides is 1. The molecule has 0 saturated carbocycles. The molecule has 0 unspecified atom stereocenters. The largest absolute Gasteiger partial charge is 0.364 e. The fraction of sp³-hybridized carbons (Fsp3) is 0.333. The Balaban J connectivity index is 1.27. The number of hydrogen-bond acceptors (Lipinski definition) is 3. The Morgan fingerprint density at radius 1 is 1.00 bits per heavy atom. The van der Waals surface area contributed by atoms with E-state index in [0.717, 1.165) is 49.2 Å². The second kappa shape index (κ2) is 8.87. The van der Waals surface area contributed by atoms with Crippen molar-refractivity contribution in [2.45, 2.75) is 32.1 Å². The smallest absolute Gasteiger partial charge is 0.222 e. The Morgan fingerprint density at radius 3 is 2.39 bits per heavy atom. The van der Waals surface area contributed by atoms with Crippen molar-refractivity contribution in [3.05, 3.63) is 78.1 Å². The molecule has 1 saturated heterocycles. The first-order valence-corrected chi connectivity index (χ1v) is 10.1. The third kappa shape index (κ3) is 4.50. The number of aryl methyl sites for hydroxylation is 1. The molecule has 0 bridgehead atoms. The van der Waals surface area contributed by atoms with E-state index in [1.807, 2.05) is 35.2 Å². The first kappa shape index (κ1) is 18.5. The van der Waals surface area contributed by atoms with Gasteiger partial charge in [-0.2, -0.15) is 0 Å². The van der Waals surface area contributed by atoms with Crippen molar-refractivity contribution in [3.63, 3.8) is 0 Å². The first-order valence-electron chi connectivity index (χ1n) is 10.1. The molecule has 0 radical (unpaired) electrons. The molecule has 0 aliphatic carbocycles.